The van der Waals surface area contributed by atoms with Crippen LogP contribution in [0, 0.1) is 11.3 Å². The van der Waals surface area contributed by atoms with Crippen molar-refractivity contribution < 1.29 is 0 Å². The van der Waals surface area contributed by atoms with Crippen molar-refractivity contribution in [2.45, 2.75) is 38.0 Å². The summed E-state index contributed by atoms with van der Waals surface area (Å²) >= 11 is 0. The molecule has 3 rings (SSSR count). The maximum absolute atomic E-state index is 12.2. The van der Waals surface area contributed by atoms with Crippen LogP contribution < -0.4 is 11.4 Å². The van der Waals surface area contributed by atoms with Gasteiger partial charge in [0.05, 0.1) is 11.3 Å². The molecule has 2 N–H and O–H groups in total. The van der Waals surface area contributed by atoms with Crippen molar-refractivity contribution in [2.24, 2.45) is 0 Å². The van der Waals surface area contributed by atoms with Crippen molar-refractivity contribution in [1.29, 1.82) is 5.26 Å². The van der Waals surface area contributed by atoms with Crippen LogP contribution in [0.2, 0.25) is 0 Å². The highest BCUT2D eigenvalue weighted by molar-refractivity contribution is 5.60. The lowest BCUT2D eigenvalue weighted by molar-refractivity contribution is 0.428. The number of nitriles is 1. The first-order valence-corrected chi connectivity index (χ1v) is 7.57. The summed E-state index contributed by atoms with van der Waals surface area (Å²) in [5.41, 5.74) is 2.62. The fourth-order valence-electron chi connectivity index (χ4n) is 3.09. The molecule has 5 heteroatoms. The molecule has 0 atom stereocenters. The normalized spacial score (nSPS) is 15.4. The Kier molecular flexibility index (Phi) is 3.92. The quantitative estimate of drug-likeness (QED) is 0.862. The second-order valence-electron chi connectivity index (χ2n) is 5.76. The molecule has 2 aromatic rings. The predicted molar refractivity (Wildman–Crippen MR) is 84.6 cm³/mol. The Morgan fingerprint density at radius 2 is 2.00 bits per heavy atom. The van der Waals surface area contributed by atoms with E-state index in [2.05, 4.69) is 4.98 Å². The molecular weight excluding hydrogens is 276 g/mol. The van der Waals surface area contributed by atoms with Crippen LogP contribution in [-0.2, 0) is 0 Å². The molecule has 1 saturated carbocycles. The summed E-state index contributed by atoms with van der Waals surface area (Å²) in [6.45, 7) is 0. The summed E-state index contributed by atoms with van der Waals surface area (Å²) in [6, 6.07) is 8.97. The third-order valence-electron chi connectivity index (χ3n) is 4.31. The van der Waals surface area contributed by atoms with Crippen molar-refractivity contribution in [3.8, 4) is 17.3 Å². The first-order valence-electron chi connectivity index (χ1n) is 7.57. The van der Waals surface area contributed by atoms with E-state index in [1.54, 1.807) is 12.1 Å². The molecule has 0 bridgehead atoms. The average molecular weight is 294 g/mol. The predicted octanol–water partition coefficient (Wildman–Crippen LogP) is 2.54. The van der Waals surface area contributed by atoms with Crippen molar-refractivity contribution in [1.82, 2.24) is 9.66 Å². The van der Waals surface area contributed by atoms with E-state index in [1.165, 1.54) is 36.2 Å². The van der Waals surface area contributed by atoms with Gasteiger partial charge in [0.2, 0.25) is 0 Å². The number of hydrogen-bond acceptors (Lipinski definition) is 4. The Hall–Kier alpha value is -2.61. The number of aromatic nitrogens is 2. The fraction of sp³-hybridized carbons (Fsp3) is 0.353. The van der Waals surface area contributed by atoms with Crippen LogP contribution in [0.15, 0.2) is 35.3 Å². The maximum atomic E-state index is 12.2. The molecule has 0 radical (unpaired) electrons. The molecule has 0 spiro atoms. The lowest BCUT2D eigenvalue weighted by Gasteiger charge is -2.24. The van der Waals surface area contributed by atoms with Crippen molar-refractivity contribution in [2.75, 3.05) is 5.84 Å². The van der Waals surface area contributed by atoms with Gasteiger partial charge in [0, 0.05) is 29.4 Å². The van der Waals surface area contributed by atoms with E-state index in [9.17, 15) is 4.79 Å². The van der Waals surface area contributed by atoms with Crippen LogP contribution in [0.25, 0.3) is 11.3 Å². The highest BCUT2D eigenvalue weighted by Gasteiger charge is 2.20. The molecule has 1 aliphatic rings. The molecule has 1 aliphatic carbocycles. The van der Waals surface area contributed by atoms with Gasteiger partial charge in [-0.2, -0.15) is 5.26 Å². The molecule has 22 heavy (non-hydrogen) atoms. The van der Waals surface area contributed by atoms with Crippen LogP contribution in [0.5, 0.6) is 0 Å². The molecule has 0 aromatic carbocycles. The van der Waals surface area contributed by atoms with E-state index < -0.39 is 0 Å². The van der Waals surface area contributed by atoms with Gasteiger partial charge in [-0.25, -0.2) is 4.68 Å². The molecule has 2 heterocycles. The highest BCUT2D eigenvalue weighted by atomic mass is 16.1. The smallest absolute Gasteiger partial charge is 0.269 e. The Morgan fingerprint density at radius 3 is 2.64 bits per heavy atom. The van der Waals surface area contributed by atoms with Gasteiger partial charge in [0.1, 0.15) is 6.07 Å². The van der Waals surface area contributed by atoms with Gasteiger partial charge in [-0.1, -0.05) is 19.3 Å². The van der Waals surface area contributed by atoms with E-state index in [-0.39, 0.29) is 5.56 Å². The topological polar surface area (TPSA) is 84.7 Å². The Balaban J connectivity index is 2.03. The number of hydrogen-bond donors (Lipinski definition) is 1. The zero-order valence-electron chi connectivity index (χ0n) is 12.3. The monoisotopic (exact) mass is 294 g/mol. The van der Waals surface area contributed by atoms with Crippen LogP contribution in [0.1, 0.15) is 49.3 Å². The van der Waals surface area contributed by atoms with Crippen LogP contribution in [-0.4, -0.2) is 9.66 Å². The third-order valence-corrected chi connectivity index (χ3v) is 4.31. The van der Waals surface area contributed by atoms with Gasteiger partial charge < -0.3 is 5.84 Å². The fourth-order valence-corrected chi connectivity index (χ4v) is 3.09. The number of nitrogens with zero attached hydrogens (tertiary/aromatic N) is 3. The molecule has 112 valence electrons. The van der Waals surface area contributed by atoms with Gasteiger partial charge in [0.15, 0.2) is 0 Å². The summed E-state index contributed by atoms with van der Waals surface area (Å²) < 4.78 is 1.27. The molecule has 0 amide bonds. The lowest BCUT2D eigenvalue weighted by atomic mass is 9.86. The zero-order chi connectivity index (χ0) is 15.5. The second-order valence-corrected chi connectivity index (χ2v) is 5.76. The Labute approximate surface area is 129 Å². The minimum Gasteiger partial charge on any atom is -0.336 e. The van der Waals surface area contributed by atoms with Crippen LogP contribution in [0.3, 0.4) is 0 Å². The summed E-state index contributed by atoms with van der Waals surface area (Å²) in [5, 5.41) is 8.83. The summed E-state index contributed by atoms with van der Waals surface area (Å²) in [4.78, 5) is 16.4. The Bertz CT molecular complexity index is 765. The summed E-state index contributed by atoms with van der Waals surface area (Å²) in [7, 11) is 0. The molecule has 5 nitrogen and oxygen atoms in total. The van der Waals surface area contributed by atoms with Crippen molar-refractivity contribution in [3.63, 3.8) is 0 Å². The zero-order valence-corrected chi connectivity index (χ0v) is 12.3. The van der Waals surface area contributed by atoms with Gasteiger partial charge in [-0.3, -0.25) is 9.78 Å². The SMILES string of the molecule is N#Cc1ccc(-c2cc(C3CCCCC3)n(N)c(=O)c2)nc1. The lowest BCUT2D eigenvalue weighted by Crippen LogP contribution is -2.31. The molecule has 1 fully saturated rings. The van der Waals surface area contributed by atoms with E-state index >= 15 is 0 Å². The minimum atomic E-state index is -0.218. The largest absolute Gasteiger partial charge is 0.336 e. The van der Waals surface area contributed by atoms with Crippen molar-refractivity contribution in [3.05, 3.63) is 52.1 Å². The molecular formula is C17H18N4O. The number of pyridine rings is 2. The first kappa shape index (κ1) is 14.3. The van der Waals surface area contributed by atoms with Gasteiger partial charge >= 0.3 is 0 Å². The molecule has 0 unspecified atom stereocenters. The van der Waals surface area contributed by atoms with E-state index in [0.717, 1.165) is 24.1 Å². The number of nitrogen functional groups attached to an aromatic ring is 1. The highest BCUT2D eigenvalue weighted by Crippen LogP contribution is 2.32. The van der Waals surface area contributed by atoms with Gasteiger partial charge in [-0.05, 0) is 31.0 Å². The minimum absolute atomic E-state index is 0.218. The molecule has 2 aromatic heterocycles. The Morgan fingerprint density at radius 1 is 1.23 bits per heavy atom. The van der Waals surface area contributed by atoms with Crippen LogP contribution in [0.4, 0.5) is 0 Å². The first-order chi connectivity index (χ1) is 10.7. The summed E-state index contributed by atoms with van der Waals surface area (Å²) in [5.74, 6) is 6.28. The average Bonchev–Trinajstić information content (AvgIpc) is 2.58. The van der Waals surface area contributed by atoms with Crippen LogP contribution >= 0.6 is 0 Å². The third kappa shape index (κ3) is 2.73. The van der Waals surface area contributed by atoms with Gasteiger partial charge in [-0.15, -0.1) is 0 Å². The standard InChI is InChI=1S/C17H18N4O/c18-10-12-6-7-15(20-11-12)14-8-16(21(19)17(22)9-14)13-4-2-1-3-5-13/h6-9,11,13H,1-5,19H2. The summed E-state index contributed by atoms with van der Waals surface area (Å²) in [6.07, 6.45) is 7.27. The van der Waals surface area contributed by atoms with Gasteiger partial charge in [0.25, 0.3) is 5.56 Å². The maximum Gasteiger partial charge on any atom is 0.269 e. The molecule has 0 saturated heterocycles. The number of nitrogens with two attached hydrogens (primary N) is 1. The van der Waals surface area contributed by atoms with E-state index in [4.69, 9.17) is 11.1 Å². The molecule has 0 aliphatic heterocycles. The second kappa shape index (κ2) is 6.02. The van der Waals surface area contributed by atoms with Crippen molar-refractivity contribution >= 4 is 0 Å². The van der Waals surface area contributed by atoms with E-state index in [1.807, 2.05) is 12.1 Å². The van der Waals surface area contributed by atoms with E-state index in [0.29, 0.717) is 17.2 Å². The number of rotatable bonds is 2.